The summed E-state index contributed by atoms with van der Waals surface area (Å²) in [6.45, 7) is 0.724. The summed E-state index contributed by atoms with van der Waals surface area (Å²) < 4.78 is 40.4. The lowest BCUT2D eigenvalue weighted by Crippen LogP contribution is -2.33. The summed E-state index contributed by atoms with van der Waals surface area (Å²) in [6.07, 6.45) is 0.670. The van der Waals surface area contributed by atoms with Gasteiger partial charge >= 0.3 is 6.18 Å². The number of halogens is 3. The molecule has 2 aromatic rings. The topological polar surface area (TPSA) is 46.3 Å². The molecule has 1 fully saturated rings. The number of rotatable bonds is 3. The van der Waals surface area contributed by atoms with Gasteiger partial charge in [-0.15, -0.1) is 0 Å². The molecule has 0 radical (unpaired) electrons. The first-order valence-corrected chi connectivity index (χ1v) is 7.93. The molecule has 1 saturated heterocycles. The lowest BCUT2D eigenvalue weighted by atomic mass is 10.2. The summed E-state index contributed by atoms with van der Waals surface area (Å²) in [5, 5.41) is 4.01. The Hall–Kier alpha value is -1.51. The summed E-state index contributed by atoms with van der Waals surface area (Å²) in [6, 6.07) is 1.29. The van der Waals surface area contributed by atoms with Crippen LogP contribution in [-0.4, -0.2) is 44.2 Å². The second-order valence-corrected chi connectivity index (χ2v) is 5.82. The summed E-state index contributed by atoms with van der Waals surface area (Å²) in [5.41, 5.74) is -0.923. The highest BCUT2D eigenvalue weighted by atomic mass is 32.2. The molecule has 0 aromatic carbocycles. The van der Waals surface area contributed by atoms with E-state index < -0.39 is 11.9 Å². The Morgan fingerprint density at radius 3 is 2.95 bits per heavy atom. The van der Waals surface area contributed by atoms with E-state index in [1.54, 1.807) is 11.8 Å². The van der Waals surface area contributed by atoms with E-state index in [2.05, 4.69) is 15.1 Å². The van der Waals surface area contributed by atoms with E-state index in [0.717, 1.165) is 31.2 Å². The molecular weight excluding hydrogens is 303 g/mol. The number of hydrogen-bond donors (Lipinski definition) is 0. The van der Waals surface area contributed by atoms with Gasteiger partial charge in [0.2, 0.25) is 0 Å². The third kappa shape index (κ3) is 2.66. The van der Waals surface area contributed by atoms with E-state index in [1.807, 2.05) is 11.2 Å². The van der Waals surface area contributed by atoms with E-state index in [0.29, 0.717) is 5.82 Å². The van der Waals surface area contributed by atoms with E-state index >= 15 is 0 Å². The highest BCUT2D eigenvalue weighted by Gasteiger charge is 2.36. The van der Waals surface area contributed by atoms with Crippen LogP contribution in [0.1, 0.15) is 18.5 Å². The van der Waals surface area contributed by atoms with Gasteiger partial charge in [0.25, 0.3) is 5.78 Å². The average molecular weight is 317 g/mol. The standard InChI is InChI=1S/C12H14F3N5S/c1-21-6-8-3-2-4-19(8)10-5-9(12(13,14)15)18-11-16-7-17-20(10)11/h5,7-8H,2-4,6H2,1H3. The van der Waals surface area contributed by atoms with E-state index in [-0.39, 0.29) is 11.8 Å². The number of fused-ring (bicyclic) bond motifs is 1. The molecule has 5 nitrogen and oxygen atoms in total. The van der Waals surface area contributed by atoms with Crippen LogP contribution in [0.2, 0.25) is 0 Å². The molecule has 0 spiro atoms. The molecule has 9 heteroatoms. The predicted octanol–water partition coefficient (Wildman–Crippen LogP) is 2.47. The summed E-state index contributed by atoms with van der Waals surface area (Å²) in [4.78, 5) is 9.33. The molecule has 3 rings (SSSR count). The van der Waals surface area contributed by atoms with Crippen molar-refractivity contribution in [3.63, 3.8) is 0 Å². The van der Waals surface area contributed by atoms with Crippen molar-refractivity contribution in [2.24, 2.45) is 0 Å². The molecule has 0 aliphatic carbocycles. The molecule has 1 aliphatic heterocycles. The second kappa shape index (κ2) is 5.36. The first-order chi connectivity index (χ1) is 10.0. The SMILES string of the molecule is CSCC1CCCN1c1cc(C(F)(F)F)nc2ncnn12. The molecule has 2 aromatic heterocycles. The molecule has 0 bridgehead atoms. The first kappa shape index (κ1) is 14.4. The van der Waals surface area contributed by atoms with Crippen molar-refractivity contribution in [3.8, 4) is 0 Å². The molecule has 0 amide bonds. The van der Waals surface area contributed by atoms with Crippen molar-refractivity contribution in [1.82, 2.24) is 19.6 Å². The number of alkyl halides is 3. The number of nitrogens with zero attached hydrogens (tertiary/aromatic N) is 5. The van der Waals surface area contributed by atoms with Crippen molar-refractivity contribution in [3.05, 3.63) is 18.1 Å². The predicted molar refractivity (Wildman–Crippen MR) is 74.5 cm³/mol. The zero-order chi connectivity index (χ0) is 15.0. The minimum absolute atomic E-state index is 0.0189. The summed E-state index contributed by atoms with van der Waals surface area (Å²) >= 11 is 1.69. The van der Waals surface area contributed by atoms with Gasteiger partial charge in [-0.05, 0) is 19.1 Å². The molecule has 21 heavy (non-hydrogen) atoms. The van der Waals surface area contributed by atoms with Crippen LogP contribution in [0, 0.1) is 0 Å². The molecule has 3 heterocycles. The minimum Gasteiger partial charge on any atom is -0.353 e. The maximum Gasteiger partial charge on any atom is 0.433 e. The Balaban J connectivity index is 2.10. The van der Waals surface area contributed by atoms with Gasteiger partial charge < -0.3 is 4.90 Å². The molecule has 114 valence electrons. The van der Waals surface area contributed by atoms with Gasteiger partial charge in [-0.1, -0.05) is 0 Å². The van der Waals surface area contributed by atoms with Crippen molar-refractivity contribution < 1.29 is 13.2 Å². The largest absolute Gasteiger partial charge is 0.433 e. The van der Waals surface area contributed by atoms with Crippen LogP contribution in [0.15, 0.2) is 12.4 Å². The van der Waals surface area contributed by atoms with Crippen LogP contribution in [0.3, 0.4) is 0 Å². The van der Waals surface area contributed by atoms with Gasteiger partial charge in [-0.2, -0.15) is 39.5 Å². The lowest BCUT2D eigenvalue weighted by Gasteiger charge is -2.26. The summed E-state index contributed by atoms with van der Waals surface area (Å²) in [7, 11) is 0. The number of thioether (sulfide) groups is 1. The zero-order valence-electron chi connectivity index (χ0n) is 11.3. The first-order valence-electron chi connectivity index (χ1n) is 6.54. The van der Waals surface area contributed by atoms with Crippen molar-refractivity contribution in [2.75, 3.05) is 23.5 Å². The Kier molecular flexibility index (Phi) is 3.68. The molecular formula is C12H14F3N5S. The van der Waals surface area contributed by atoms with Gasteiger partial charge in [0, 0.05) is 24.4 Å². The van der Waals surface area contributed by atoms with Crippen LogP contribution in [0.25, 0.3) is 5.78 Å². The number of anilines is 1. The average Bonchev–Trinajstić information content (AvgIpc) is 3.05. The van der Waals surface area contributed by atoms with Crippen LogP contribution in [-0.2, 0) is 6.18 Å². The second-order valence-electron chi connectivity index (χ2n) is 4.91. The van der Waals surface area contributed by atoms with Crippen LogP contribution in [0.4, 0.5) is 19.0 Å². The van der Waals surface area contributed by atoms with E-state index in [4.69, 9.17) is 0 Å². The quantitative estimate of drug-likeness (QED) is 0.870. The van der Waals surface area contributed by atoms with Crippen LogP contribution in [0.5, 0.6) is 0 Å². The Labute approximate surface area is 123 Å². The molecule has 0 N–H and O–H groups in total. The smallest absolute Gasteiger partial charge is 0.353 e. The third-order valence-electron chi connectivity index (χ3n) is 3.55. The van der Waals surface area contributed by atoms with Crippen molar-refractivity contribution in [1.29, 1.82) is 0 Å². The van der Waals surface area contributed by atoms with Crippen molar-refractivity contribution in [2.45, 2.75) is 25.1 Å². The maximum atomic E-state index is 13.0. The molecule has 1 aliphatic rings. The summed E-state index contributed by atoms with van der Waals surface area (Å²) in [5.74, 6) is 1.27. The fourth-order valence-electron chi connectivity index (χ4n) is 2.65. The Bertz CT molecular complexity index is 641. The molecule has 1 atom stereocenters. The lowest BCUT2D eigenvalue weighted by molar-refractivity contribution is -0.141. The maximum absolute atomic E-state index is 13.0. The van der Waals surface area contributed by atoms with Crippen LogP contribution >= 0.6 is 11.8 Å². The molecule has 0 saturated carbocycles. The third-order valence-corrected chi connectivity index (χ3v) is 4.27. The Morgan fingerprint density at radius 2 is 2.24 bits per heavy atom. The highest BCUT2D eigenvalue weighted by molar-refractivity contribution is 7.98. The fourth-order valence-corrected chi connectivity index (χ4v) is 3.38. The normalized spacial score (nSPS) is 19.6. The van der Waals surface area contributed by atoms with E-state index in [1.165, 1.54) is 10.8 Å². The highest BCUT2D eigenvalue weighted by Crippen LogP contribution is 2.33. The zero-order valence-corrected chi connectivity index (χ0v) is 12.2. The number of aromatic nitrogens is 4. The van der Waals surface area contributed by atoms with Gasteiger partial charge in [0.15, 0.2) is 5.69 Å². The van der Waals surface area contributed by atoms with Gasteiger partial charge in [-0.3, -0.25) is 0 Å². The van der Waals surface area contributed by atoms with Gasteiger partial charge in [0.1, 0.15) is 12.1 Å². The van der Waals surface area contributed by atoms with Gasteiger partial charge in [0.05, 0.1) is 0 Å². The van der Waals surface area contributed by atoms with Gasteiger partial charge in [-0.25, -0.2) is 4.98 Å². The molecule has 1 unspecified atom stereocenters. The van der Waals surface area contributed by atoms with Crippen LogP contribution < -0.4 is 4.90 Å². The van der Waals surface area contributed by atoms with E-state index in [9.17, 15) is 13.2 Å². The van der Waals surface area contributed by atoms with Crippen molar-refractivity contribution >= 4 is 23.4 Å². The monoisotopic (exact) mass is 317 g/mol. The number of hydrogen-bond acceptors (Lipinski definition) is 5. The fraction of sp³-hybridized carbons (Fsp3) is 0.583. The Morgan fingerprint density at radius 1 is 1.43 bits per heavy atom. The minimum atomic E-state index is -4.49.